The van der Waals surface area contributed by atoms with Crippen LogP contribution in [0.5, 0.6) is 0 Å². The van der Waals surface area contributed by atoms with Crippen LogP contribution in [0.4, 0.5) is 17.6 Å². The van der Waals surface area contributed by atoms with Crippen LogP contribution < -0.4 is 29.6 Å². The molecule has 0 aromatic rings. The summed E-state index contributed by atoms with van der Waals surface area (Å²) < 4.78 is 82.3. The Morgan fingerprint density at radius 3 is 2.12 bits per heavy atom. The third kappa shape index (κ3) is 10.2. The summed E-state index contributed by atoms with van der Waals surface area (Å²) in [4.78, 5) is 0. The molecule has 0 N–H and O–H groups in total. The van der Waals surface area contributed by atoms with Crippen LogP contribution >= 0.6 is 0 Å². The Hall–Kier alpha value is 0.590. The monoisotopic (exact) mass is 290 g/mol. The Morgan fingerprint density at radius 2 is 1.82 bits per heavy atom. The molecule has 4 nitrogen and oxygen atoms in total. The van der Waals surface area contributed by atoms with Gasteiger partial charge in [0.05, 0.1) is 6.10 Å². The van der Waals surface area contributed by atoms with Crippen molar-refractivity contribution < 1.29 is 64.3 Å². The predicted octanol–water partition coefficient (Wildman–Crippen LogP) is -1.07. The number of rotatable bonds is 6. The van der Waals surface area contributed by atoms with Crippen LogP contribution in [-0.4, -0.2) is 31.4 Å². The molecule has 0 spiro atoms. The fourth-order valence-corrected chi connectivity index (χ4v) is 1.57. The number of hydrogen-bond donors (Lipinski definition) is 0. The summed E-state index contributed by atoms with van der Waals surface area (Å²) >= 11 is 0. The van der Waals surface area contributed by atoms with Crippen LogP contribution in [0.2, 0.25) is 0 Å². The normalized spacial score (nSPS) is 16.1. The molecule has 0 aromatic carbocycles. The van der Waals surface area contributed by atoms with E-state index in [4.69, 9.17) is 0 Å². The number of alkyl halides is 4. The van der Waals surface area contributed by atoms with Crippen molar-refractivity contribution in [2.24, 2.45) is 0 Å². The largest absolute Gasteiger partial charge is 1.00 e. The summed E-state index contributed by atoms with van der Waals surface area (Å²) in [5, 5.41) is 0. The van der Waals surface area contributed by atoms with E-state index in [9.17, 15) is 30.5 Å². The Balaban J connectivity index is 0. The summed E-state index contributed by atoms with van der Waals surface area (Å²) in [7, 11) is -5.12. The summed E-state index contributed by atoms with van der Waals surface area (Å²) in [6.45, 7) is 1.54. The maximum atomic E-state index is 12.6. The molecular formula is C7H11F4NaO4S. The van der Waals surface area contributed by atoms with Crippen molar-refractivity contribution >= 4 is 10.4 Å². The van der Waals surface area contributed by atoms with E-state index in [1.807, 2.05) is 0 Å². The first-order valence-electron chi connectivity index (χ1n) is 4.41. The third-order valence-electron chi connectivity index (χ3n) is 1.69. The maximum absolute atomic E-state index is 12.6. The molecule has 0 amide bonds. The number of hydrogen-bond acceptors (Lipinski definition) is 4. The molecular weight excluding hydrogens is 279 g/mol. The van der Waals surface area contributed by atoms with E-state index in [1.54, 1.807) is 0 Å². The van der Waals surface area contributed by atoms with Gasteiger partial charge in [-0.1, -0.05) is 13.3 Å². The fraction of sp³-hybridized carbons (Fsp3) is 1.00. The molecule has 2 unspecified atom stereocenters. The molecule has 0 fully saturated rings. The van der Waals surface area contributed by atoms with Crippen molar-refractivity contribution in [1.82, 2.24) is 0 Å². The zero-order valence-electron chi connectivity index (χ0n) is 9.33. The van der Waals surface area contributed by atoms with Crippen molar-refractivity contribution in [3.63, 3.8) is 0 Å². The van der Waals surface area contributed by atoms with Gasteiger partial charge in [-0.3, -0.25) is 4.18 Å². The van der Waals surface area contributed by atoms with E-state index in [0.717, 1.165) is 0 Å². The van der Waals surface area contributed by atoms with Gasteiger partial charge in [0.1, 0.15) is 0 Å². The van der Waals surface area contributed by atoms with E-state index in [-0.39, 0.29) is 42.4 Å². The summed E-state index contributed by atoms with van der Waals surface area (Å²) in [5.41, 5.74) is 0. The molecule has 98 valence electrons. The van der Waals surface area contributed by atoms with Gasteiger partial charge < -0.3 is 4.55 Å². The van der Waals surface area contributed by atoms with Crippen LogP contribution in [0.3, 0.4) is 0 Å². The van der Waals surface area contributed by atoms with Crippen LogP contribution in [0.15, 0.2) is 0 Å². The summed E-state index contributed by atoms with van der Waals surface area (Å²) in [6, 6.07) is 0. The molecule has 17 heavy (non-hydrogen) atoms. The smallest absolute Gasteiger partial charge is 0.726 e. The van der Waals surface area contributed by atoms with Crippen LogP contribution in [0.25, 0.3) is 0 Å². The minimum Gasteiger partial charge on any atom is -0.726 e. The standard InChI is InChI=1S/C7H12F4O4S.Na/c1-2-3-5(15-16(12,13)14)4-6(8)7(9,10)11;/h5-6H,2-4H2,1H3,(H,12,13,14);/q;+1/p-1. The second kappa shape index (κ2) is 7.90. The topological polar surface area (TPSA) is 66.4 Å². The maximum Gasteiger partial charge on any atom is 1.00 e. The van der Waals surface area contributed by atoms with E-state index in [2.05, 4.69) is 4.18 Å². The van der Waals surface area contributed by atoms with Crippen molar-refractivity contribution in [1.29, 1.82) is 0 Å². The van der Waals surface area contributed by atoms with Crippen LogP contribution in [-0.2, 0) is 14.6 Å². The quantitative estimate of drug-likeness (QED) is 0.270. The van der Waals surface area contributed by atoms with Gasteiger partial charge in [0.25, 0.3) is 0 Å². The number of halogens is 4. The Kier molecular flexibility index (Phi) is 9.26. The van der Waals surface area contributed by atoms with E-state index in [0.29, 0.717) is 0 Å². The molecule has 0 heterocycles. The second-order valence-corrected chi connectivity index (χ2v) is 4.17. The summed E-state index contributed by atoms with van der Waals surface area (Å²) in [5.74, 6) is 0. The summed E-state index contributed by atoms with van der Waals surface area (Å²) in [6.07, 6.45) is -10.9. The molecule has 0 aliphatic rings. The van der Waals surface area contributed by atoms with Crippen molar-refractivity contribution in [3.8, 4) is 0 Å². The van der Waals surface area contributed by atoms with Crippen molar-refractivity contribution in [2.45, 2.75) is 44.6 Å². The molecule has 0 bridgehead atoms. The van der Waals surface area contributed by atoms with Gasteiger partial charge in [-0.15, -0.1) is 0 Å². The van der Waals surface area contributed by atoms with Crippen molar-refractivity contribution in [3.05, 3.63) is 0 Å². The molecule has 2 atom stereocenters. The predicted molar refractivity (Wildman–Crippen MR) is 45.0 cm³/mol. The van der Waals surface area contributed by atoms with Crippen LogP contribution in [0, 0.1) is 0 Å². The average molecular weight is 290 g/mol. The fourth-order valence-electron chi connectivity index (χ4n) is 1.06. The average Bonchev–Trinajstić information content (AvgIpc) is 1.99. The van der Waals surface area contributed by atoms with Gasteiger partial charge in [-0.25, -0.2) is 12.8 Å². The van der Waals surface area contributed by atoms with Crippen LogP contribution in [0.1, 0.15) is 26.2 Å². The van der Waals surface area contributed by atoms with Gasteiger partial charge in [-0.2, -0.15) is 13.2 Å². The van der Waals surface area contributed by atoms with Gasteiger partial charge in [0.15, 0.2) is 6.17 Å². The molecule has 10 heteroatoms. The zero-order chi connectivity index (χ0) is 13.0. The molecule has 0 saturated heterocycles. The minimum absolute atomic E-state index is 0. The first-order valence-corrected chi connectivity index (χ1v) is 5.74. The third-order valence-corrected chi connectivity index (χ3v) is 2.20. The van der Waals surface area contributed by atoms with E-state index in [1.165, 1.54) is 6.92 Å². The first kappa shape index (κ1) is 19.9. The molecule has 0 saturated carbocycles. The molecule has 0 aromatic heterocycles. The second-order valence-electron chi connectivity index (χ2n) is 3.16. The minimum atomic E-state index is -5.12. The van der Waals surface area contributed by atoms with Crippen molar-refractivity contribution in [2.75, 3.05) is 0 Å². The van der Waals surface area contributed by atoms with E-state index >= 15 is 0 Å². The SMILES string of the molecule is CCCC(CC(F)C(F)(F)F)OS(=O)(=O)[O-].[Na+]. The van der Waals surface area contributed by atoms with Gasteiger partial charge in [0.2, 0.25) is 10.4 Å². The Bertz CT molecular complexity index is 305. The zero-order valence-corrected chi connectivity index (χ0v) is 12.1. The molecule has 0 rings (SSSR count). The Morgan fingerprint density at radius 1 is 1.35 bits per heavy atom. The first-order chi connectivity index (χ1) is 7.06. The molecule has 0 aliphatic carbocycles. The van der Waals surface area contributed by atoms with Gasteiger partial charge in [0, 0.05) is 6.42 Å². The Labute approximate surface area is 119 Å². The molecule has 0 radical (unpaired) electrons. The van der Waals surface area contributed by atoms with Gasteiger partial charge >= 0.3 is 35.7 Å². The van der Waals surface area contributed by atoms with Gasteiger partial charge in [-0.05, 0) is 6.42 Å². The molecule has 0 aliphatic heterocycles. The van der Waals surface area contributed by atoms with E-state index < -0.39 is 35.3 Å².